The quantitative estimate of drug-likeness (QED) is 0.555. The highest BCUT2D eigenvalue weighted by atomic mass is 16.2. The number of hydrogen-bond acceptors (Lipinski definition) is 2. The standard InChI is InChI=1S/C27H33N3O/c1-20-8-7-11-22(18-20)27(31)29-16-14-23(15-17-29)30-25-13-6-5-12-24(25)28-26(30)19-21-9-3-2-4-10-21/h2-6,9-10,12-13,20,22-23H,7-8,11,14-19H2,1H3/t20-,22+/m1/s1. The summed E-state index contributed by atoms with van der Waals surface area (Å²) in [6.07, 6.45) is 7.51. The summed E-state index contributed by atoms with van der Waals surface area (Å²) in [5.74, 6) is 2.49. The fourth-order valence-electron chi connectivity index (χ4n) is 5.67. The van der Waals surface area contributed by atoms with Crippen molar-refractivity contribution in [1.29, 1.82) is 0 Å². The lowest BCUT2D eigenvalue weighted by molar-refractivity contribution is -0.138. The number of para-hydroxylation sites is 2. The minimum absolute atomic E-state index is 0.253. The Balaban J connectivity index is 1.34. The molecule has 0 bridgehead atoms. The molecule has 2 aliphatic rings. The lowest BCUT2D eigenvalue weighted by atomic mass is 9.81. The number of piperidine rings is 1. The number of hydrogen-bond donors (Lipinski definition) is 0. The van der Waals surface area contributed by atoms with Crippen LogP contribution >= 0.6 is 0 Å². The normalized spacial score (nSPS) is 22.7. The van der Waals surface area contributed by atoms with Gasteiger partial charge in [0.05, 0.1) is 11.0 Å². The van der Waals surface area contributed by atoms with E-state index in [2.05, 4.69) is 71.0 Å². The third-order valence-corrected chi connectivity index (χ3v) is 7.30. The predicted octanol–water partition coefficient (Wildman–Crippen LogP) is 5.62. The first-order valence-electron chi connectivity index (χ1n) is 12.0. The van der Waals surface area contributed by atoms with Crippen molar-refractivity contribution in [2.24, 2.45) is 11.8 Å². The molecule has 1 aromatic heterocycles. The van der Waals surface area contributed by atoms with Crippen LogP contribution in [0.2, 0.25) is 0 Å². The van der Waals surface area contributed by atoms with Crippen molar-refractivity contribution >= 4 is 16.9 Å². The zero-order chi connectivity index (χ0) is 21.2. The van der Waals surface area contributed by atoms with Gasteiger partial charge >= 0.3 is 0 Å². The summed E-state index contributed by atoms with van der Waals surface area (Å²) in [4.78, 5) is 20.3. The van der Waals surface area contributed by atoms with Gasteiger partial charge in [0.25, 0.3) is 0 Å². The number of nitrogens with zero attached hydrogens (tertiary/aromatic N) is 3. The number of fused-ring (bicyclic) bond motifs is 1. The molecule has 31 heavy (non-hydrogen) atoms. The fraction of sp³-hybridized carbons (Fsp3) is 0.481. The maximum absolute atomic E-state index is 13.1. The Labute approximate surface area is 185 Å². The molecule has 0 spiro atoms. The largest absolute Gasteiger partial charge is 0.342 e. The zero-order valence-electron chi connectivity index (χ0n) is 18.5. The first kappa shape index (κ1) is 20.3. The summed E-state index contributed by atoms with van der Waals surface area (Å²) < 4.78 is 2.47. The third-order valence-electron chi connectivity index (χ3n) is 7.30. The number of aromatic nitrogens is 2. The number of imidazole rings is 1. The van der Waals surface area contributed by atoms with Crippen LogP contribution < -0.4 is 0 Å². The number of benzene rings is 2. The Morgan fingerprint density at radius 1 is 0.968 bits per heavy atom. The molecule has 2 aromatic carbocycles. The van der Waals surface area contributed by atoms with Crippen molar-refractivity contribution in [3.8, 4) is 0 Å². The molecular weight excluding hydrogens is 382 g/mol. The van der Waals surface area contributed by atoms with Crippen molar-refractivity contribution in [3.05, 3.63) is 66.0 Å². The Bertz CT molecular complexity index is 1030. The second-order valence-electron chi connectivity index (χ2n) is 9.57. The minimum Gasteiger partial charge on any atom is -0.342 e. The van der Waals surface area contributed by atoms with Crippen molar-refractivity contribution in [2.75, 3.05) is 13.1 Å². The van der Waals surface area contributed by atoms with Crippen molar-refractivity contribution < 1.29 is 4.79 Å². The molecule has 0 N–H and O–H groups in total. The first-order chi connectivity index (χ1) is 15.2. The van der Waals surface area contributed by atoms with Crippen LogP contribution in [0, 0.1) is 11.8 Å². The van der Waals surface area contributed by atoms with E-state index in [1.807, 2.05) is 0 Å². The van der Waals surface area contributed by atoms with Crippen LogP contribution in [0.15, 0.2) is 54.6 Å². The van der Waals surface area contributed by atoms with Gasteiger partial charge in [-0.3, -0.25) is 4.79 Å². The zero-order valence-corrected chi connectivity index (χ0v) is 18.5. The van der Waals surface area contributed by atoms with Gasteiger partial charge in [-0.1, -0.05) is 62.2 Å². The van der Waals surface area contributed by atoms with Gasteiger partial charge in [0, 0.05) is 31.5 Å². The molecule has 0 radical (unpaired) electrons. The number of amides is 1. The molecular formula is C27H33N3O. The monoisotopic (exact) mass is 415 g/mol. The van der Waals surface area contributed by atoms with Crippen molar-refractivity contribution in [2.45, 2.75) is 57.9 Å². The molecule has 1 aliphatic heterocycles. The van der Waals surface area contributed by atoms with Gasteiger partial charge < -0.3 is 9.47 Å². The second kappa shape index (κ2) is 8.86. The summed E-state index contributed by atoms with van der Waals surface area (Å²) in [5.41, 5.74) is 3.58. The molecule has 162 valence electrons. The van der Waals surface area contributed by atoms with Gasteiger partial charge in [0.15, 0.2) is 0 Å². The van der Waals surface area contributed by atoms with E-state index in [1.54, 1.807) is 0 Å². The number of rotatable bonds is 4. The molecule has 1 saturated carbocycles. The topological polar surface area (TPSA) is 38.1 Å². The van der Waals surface area contributed by atoms with Crippen LogP contribution in [0.1, 0.15) is 62.9 Å². The smallest absolute Gasteiger partial charge is 0.225 e. The van der Waals surface area contributed by atoms with E-state index in [4.69, 9.17) is 4.98 Å². The SMILES string of the molecule is C[C@@H]1CCC[C@H](C(=O)N2CCC(n3c(Cc4ccccc4)nc4ccccc43)CC2)C1. The van der Waals surface area contributed by atoms with E-state index in [9.17, 15) is 4.79 Å². The molecule has 3 aromatic rings. The summed E-state index contributed by atoms with van der Waals surface area (Å²) in [5, 5.41) is 0. The maximum atomic E-state index is 13.1. The molecule has 5 rings (SSSR count). The van der Waals surface area contributed by atoms with Crippen LogP contribution in [-0.2, 0) is 11.2 Å². The van der Waals surface area contributed by atoms with Gasteiger partial charge in [-0.05, 0) is 49.3 Å². The van der Waals surface area contributed by atoms with Crippen molar-refractivity contribution in [3.63, 3.8) is 0 Å². The van der Waals surface area contributed by atoms with Gasteiger partial charge in [0.2, 0.25) is 5.91 Å². The maximum Gasteiger partial charge on any atom is 0.225 e. The average Bonchev–Trinajstić information content (AvgIpc) is 3.17. The molecule has 2 atom stereocenters. The molecule has 0 unspecified atom stereocenters. The number of likely N-dealkylation sites (tertiary alicyclic amines) is 1. The van der Waals surface area contributed by atoms with Crippen LogP contribution in [0.4, 0.5) is 0 Å². The van der Waals surface area contributed by atoms with E-state index in [-0.39, 0.29) is 5.92 Å². The molecule has 1 aliphatic carbocycles. The van der Waals surface area contributed by atoms with Crippen LogP contribution in [-0.4, -0.2) is 33.4 Å². The Morgan fingerprint density at radius 2 is 1.71 bits per heavy atom. The fourth-order valence-corrected chi connectivity index (χ4v) is 5.67. The van der Waals surface area contributed by atoms with E-state index in [1.165, 1.54) is 23.9 Å². The molecule has 1 saturated heterocycles. The van der Waals surface area contributed by atoms with E-state index in [0.29, 0.717) is 17.9 Å². The Morgan fingerprint density at radius 3 is 2.48 bits per heavy atom. The molecule has 1 amide bonds. The lowest BCUT2D eigenvalue weighted by Crippen LogP contribution is -2.43. The van der Waals surface area contributed by atoms with Crippen LogP contribution in [0.25, 0.3) is 11.0 Å². The molecule has 2 fully saturated rings. The molecule has 4 nitrogen and oxygen atoms in total. The number of carbonyl (C=O) groups is 1. The number of carbonyl (C=O) groups excluding carboxylic acids is 1. The molecule has 2 heterocycles. The highest BCUT2D eigenvalue weighted by molar-refractivity contribution is 5.79. The van der Waals surface area contributed by atoms with Crippen LogP contribution in [0.5, 0.6) is 0 Å². The van der Waals surface area contributed by atoms with Gasteiger partial charge in [-0.2, -0.15) is 0 Å². The van der Waals surface area contributed by atoms with Gasteiger partial charge in [-0.25, -0.2) is 4.98 Å². The van der Waals surface area contributed by atoms with Crippen LogP contribution in [0.3, 0.4) is 0 Å². The van der Waals surface area contributed by atoms with E-state index < -0.39 is 0 Å². The summed E-state index contributed by atoms with van der Waals surface area (Å²) in [6, 6.07) is 19.5. The molecule has 4 heteroatoms. The highest BCUT2D eigenvalue weighted by Crippen LogP contribution is 2.33. The predicted molar refractivity (Wildman–Crippen MR) is 125 cm³/mol. The highest BCUT2D eigenvalue weighted by Gasteiger charge is 2.32. The van der Waals surface area contributed by atoms with E-state index in [0.717, 1.165) is 56.5 Å². The van der Waals surface area contributed by atoms with E-state index >= 15 is 0 Å². The Kier molecular flexibility index (Phi) is 5.80. The summed E-state index contributed by atoms with van der Waals surface area (Å²) in [7, 11) is 0. The second-order valence-corrected chi connectivity index (χ2v) is 9.57. The first-order valence-corrected chi connectivity index (χ1v) is 12.0. The summed E-state index contributed by atoms with van der Waals surface area (Å²) >= 11 is 0. The van der Waals surface area contributed by atoms with Gasteiger partial charge in [0.1, 0.15) is 5.82 Å². The van der Waals surface area contributed by atoms with Crippen molar-refractivity contribution in [1.82, 2.24) is 14.5 Å². The third kappa shape index (κ3) is 4.26. The van der Waals surface area contributed by atoms with Gasteiger partial charge in [-0.15, -0.1) is 0 Å². The average molecular weight is 416 g/mol. The lowest BCUT2D eigenvalue weighted by Gasteiger charge is -2.37. The summed E-state index contributed by atoms with van der Waals surface area (Å²) in [6.45, 7) is 4.03. The Hall–Kier alpha value is -2.62. The minimum atomic E-state index is 0.253.